The summed E-state index contributed by atoms with van der Waals surface area (Å²) in [4.78, 5) is 31.8. The van der Waals surface area contributed by atoms with E-state index in [4.69, 9.17) is 4.74 Å². The monoisotopic (exact) mass is 629 g/mol. The van der Waals surface area contributed by atoms with Crippen molar-refractivity contribution in [3.8, 4) is 23.3 Å². The molecule has 0 saturated carbocycles. The molecule has 12 heteroatoms. The lowest BCUT2D eigenvalue weighted by atomic mass is 9.97. The van der Waals surface area contributed by atoms with Crippen molar-refractivity contribution >= 4 is 33.4 Å². The molecule has 2 aliphatic heterocycles. The number of aromatic nitrogens is 3. The average Bonchev–Trinajstić information content (AvgIpc) is 3.38. The van der Waals surface area contributed by atoms with E-state index in [0.717, 1.165) is 22.4 Å². The largest absolute Gasteiger partial charge is 0.462 e. The number of likely N-dealkylation sites (N-methyl/N-ethyl adjacent to an activating group) is 1. The van der Waals surface area contributed by atoms with Gasteiger partial charge in [0.25, 0.3) is 0 Å². The molecule has 2 saturated heterocycles. The molecule has 3 atom stereocenters. The first-order chi connectivity index (χ1) is 22.3. The second-order valence-corrected chi connectivity index (χ2v) is 11.8. The van der Waals surface area contributed by atoms with Crippen LogP contribution in [0.5, 0.6) is 6.01 Å². The van der Waals surface area contributed by atoms with Gasteiger partial charge in [-0.3, -0.25) is 14.7 Å². The lowest BCUT2D eigenvalue weighted by molar-refractivity contribution is -0.128. The predicted molar refractivity (Wildman–Crippen MR) is 169 cm³/mol. The summed E-state index contributed by atoms with van der Waals surface area (Å²) in [6.45, 7) is 2.37. The highest BCUT2D eigenvalue weighted by atomic mass is 19.1. The van der Waals surface area contributed by atoms with Gasteiger partial charge in [0.15, 0.2) is 5.82 Å². The van der Waals surface area contributed by atoms with E-state index in [0.29, 0.717) is 36.3 Å². The zero-order valence-corrected chi connectivity index (χ0v) is 25.7. The first-order valence-corrected chi connectivity index (χ1v) is 15.3. The molecule has 4 heterocycles. The minimum Gasteiger partial charge on any atom is -0.462 e. The summed E-state index contributed by atoms with van der Waals surface area (Å²) in [7, 11) is 1.82. The van der Waals surface area contributed by atoms with Crippen LogP contribution >= 0.6 is 0 Å². The van der Waals surface area contributed by atoms with Gasteiger partial charge in [-0.25, -0.2) is 13.2 Å². The van der Waals surface area contributed by atoms with Crippen LogP contribution in [0.15, 0.2) is 54.7 Å². The lowest BCUT2D eigenvalue weighted by Gasteiger charge is -2.41. The number of alkyl halides is 2. The highest BCUT2D eigenvalue weighted by Crippen LogP contribution is 2.36. The third-order valence-electron chi connectivity index (χ3n) is 8.80. The zero-order valence-electron chi connectivity index (χ0n) is 25.7. The van der Waals surface area contributed by atoms with E-state index < -0.39 is 24.7 Å². The van der Waals surface area contributed by atoms with Gasteiger partial charge in [-0.2, -0.15) is 15.2 Å². The lowest BCUT2D eigenvalue weighted by Crippen LogP contribution is -2.55. The van der Waals surface area contributed by atoms with Gasteiger partial charge in [-0.05, 0) is 42.8 Å². The Labute approximate surface area is 264 Å². The summed E-state index contributed by atoms with van der Waals surface area (Å²) in [5, 5.41) is 11.7. The Balaban J connectivity index is 1.43. The quantitative estimate of drug-likeness (QED) is 0.246. The van der Waals surface area contributed by atoms with Gasteiger partial charge < -0.3 is 14.5 Å². The van der Waals surface area contributed by atoms with Gasteiger partial charge in [-0.1, -0.05) is 36.4 Å². The summed E-state index contributed by atoms with van der Waals surface area (Å²) >= 11 is 0. The number of hydrogen-bond donors (Lipinski definition) is 0. The van der Waals surface area contributed by atoms with Crippen LogP contribution in [0.2, 0.25) is 0 Å². The number of likely N-dealkylation sites (tertiary alicyclic amines) is 1. The minimum absolute atomic E-state index is 0.0138. The van der Waals surface area contributed by atoms with Crippen LogP contribution in [0.1, 0.15) is 18.4 Å². The molecule has 1 amide bonds. The molecule has 0 N–H and O–H groups in total. The summed E-state index contributed by atoms with van der Waals surface area (Å²) in [5.41, 5.74) is 1.75. The van der Waals surface area contributed by atoms with Gasteiger partial charge >= 0.3 is 6.01 Å². The second kappa shape index (κ2) is 13.3. The highest BCUT2D eigenvalue weighted by molar-refractivity contribution is 6.00. The Kier molecular flexibility index (Phi) is 9.03. The van der Waals surface area contributed by atoms with Crippen molar-refractivity contribution in [2.75, 3.05) is 51.4 Å². The number of nitrogens with zero attached hydrogens (tertiary/aromatic N) is 7. The van der Waals surface area contributed by atoms with E-state index in [-0.39, 0.29) is 55.3 Å². The number of carbonyl (C=O) groups is 1. The smallest absolute Gasteiger partial charge is 0.319 e. The van der Waals surface area contributed by atoms with Crippen LogP contribution < -0.4 is 9.64 Å². The van der Waals surface area contributed by atoms with Crippen LogP contribution in [0.25, 0.3) is 32.9 Å². The van der Waals surface area contributed by atoms with Crippen LogP contribution in [0.4, 0.5) is 19.0 Å². The molecule has 4 aromatic rings. The summed E-state index contributed by atoms with van der Waals surface area (Å²) in [6, 6.07) is 12.9. The first-order valence-electron chi connectivity index (χ1n) is 15.3. The summed E-state index contributed by atoms with van der Waals surface area (Å²) in [5.74, 6) is -0.671. The average molecular weight is 630 g/mol. The number of aryl methyl sites for hydroxylation is 1. The molecule has 0 spiro atoms. The van der Waals surface area contributed by atoms with E-state index in [2.05, 4.69) is 21.0 Å². The Bertz CT molecular complexity index is 1840. The van der Waals surface area contributed by atoms with E-state index >= 15 is 4.39 Å². The second-order valence-electron chi connectivity index (χ2n) is 11.8. The van der Waals surface area contributed by atoms with E-state index in [1.165, 1.54) is 11.0 Å². The van der Waals surface area contributed by atoms with Crippen molar-refractivity contribution in [1.82, 2.24) is 24.8 Å². The van der Waals surface area contributed by atoms with E-state index in [9.17, 15) is 18.8 Å². The maximum Gasteiger partial charge on any atom is 0.319 e. The van der Waals surface area contributed by atoms with Crippen LogP contribution in [0, 0.1) is 24.1 Å². The molecule has 9 nitrogen and oxygen atoms in total. The molecule has 2 fully saturated rings. The molecule has 2 aromatic carbocycles. The predicted octanol–water partition coefficient (Wildman–Crippen LogP) is 5.17. The van der Waals surface area contributed by atoms with Crippen molar-refractivity contribution < 1.29 is 22.7 Å². The first kappa shape index (κ1) is 31.2. The Morgan fingerprint density at radius 2 is 1.96 bits per heavy atom. The number of allylic oxidation sites excluding steroid dienone is 1. The van der Waals surface area contributed by atoms with Gasteiger partial charge in [-0.15, -0.1) is 0 Å². The van der Waals surface area contributed by atoms with Crippen molar-refractivity contribution in [2.24, 2.45) is 0 Å². The number of pyridine rings is 1. The van der Waals surface area contributed by atoms with Gasteiger partial charge in [0.2, 0.25) is 5.91 Å². The number of rotatable bonds is 8. The third-order valence-corrected chi connectivity index (χ3v) is 8.80. The number of hydrogen-bond acceptors (Lipinski definition) is 8. The topological polar surface area (TPSA) is 98.5 Å². The molecule has 0 bridgehead atoms. The normalized spacial score (nSPS) is 20.6. The number of piperazine rings is 1. The van der Waals surface area contributed by atoms with Crippen molar-refractivity contribution in [1.29, 1.82) is 5.26 Å². The highest BCUT2D eigenvalue weighted by Gasteiger charge is 2.33. The van der Waals surface area contributed by atoms with Crippen LogP contribution in [0.3, 0.4) is 0 Å². The molecule has 0 unspecified atom stereocenters. The zero-order chi connectivity index (χ0) is 32.4. The number of anilines is 1. The van der Waals surface area contributed by atoms with Crippen molar-refractivity contribution in [3.05, 3.63) is 66.1 Å². The number of amides is 1. The number of halogens is 3. The van der Waals surface area contributed by atoms with Crippen LogP contribution in [-0.4, -0.2) is 95.4 Å². The van der Waals surface area contributed by atoms with Crippen molar-refractivity contribution in [2.45, 2.75) is 38.0 Å². The number of ether oxygens (including phenoxy) is 1. The van der Waals surface area contributed by atoms with Gasteiger partial charge in [0, 0.05) is 50.1 Å². The Morgan fingerprint density at radius 3 is 2.70 bits per heavy atom. The third kappa shape index (κ3) is 6.07. The number of carbonyl (C=O) groups excluding carboxylic acids is 1. The van der Waals surface area contributed by atoms with Gasteiger partial charge in [0.05, 0.1) is 23.9 Å². The Morgan fingerprint density at radius 1 is 1.15 bits per heavy atom. The summed E-state index contributed by atoms with van der Waals surface area (Å²) < 4.78 is 49.4. The molecule has 2 aliphatic rings. The minimum atomic E-state index is -0.960. The molecule has 46 heavy (non-hydrogen) atoms. The number of benzene rings is 2. The van der Waals surface area contributed by atoms with Crippen molar-refractivity contribution in [3.63, 3.8) is 0 Å². The fourth-order valence-corrected chi connectivity index (χ4v) is 6.48. The van der Waals surface area contributed by atoms with Crippen LogP contribution in [-0.2, 0) is 4.79 Å². The molecule has 6 rings (SSSR count). The van der Waals surface area contributed by atoms with E-state index in [1.54, 1.807) is 6.20 Å². The fraction of sp³-hybridized carbons (Fsp3) is 0.382. The number of nitriles is 1. The van der Waals surface area contributed by atoms with Gasteiger partial charge in [0.1, 0.15) is 36.5 Å². The summed E-state index contributed by atoms with van der Waals surface area (Å²) in [6.07, 6.45) is 3.23. The SMILES string of the molecule is Cc1cccc2cccc(-c3ncc4c(N5CCN(C(=O)/C=C/CF)[C@@H](CC#N)C5)nc(OC[C@@H]5C[C@@H](F)CN5C)nc4c3F)c12. The van der Waals surface area contributed by atoms with E-state index in [1.807, 2.05) is 60.2 Å². The molecular weight excluding hydrogens is 595 g/mol. The maximum atomic E-state index is 16.7. The Hall–Kier alpha value is -4.76. The standard InChI is InChI=1S/C34H34F3N7O2/c1-21-6-3-7-22-8-4-9-26(29(21)22)31-30(37)32-27(17-39-31)33(41-34(40-32)46-20-25-16-23(36)18-42(25)2)43-14-15-44(24(19-43)11-13-38)28(45)10-5-12-35/h3-10,17,23-25H,11-12,14-16,18-20H2,1-2H3/b10-5+/t23-,24+,25+/m1/s1. The molecule has 238 valence electrons. The molecular formula is C34H34F3N7O2. The number of fused-ring (bicyclic) bond motifs is 2. The fourth-order valence-electron chi connectivity index (χ4n) is 6.48. The molecule has 2 aromatic heterocycles. The molecule has 0 aliphatic carbocycles. The molecule has 0 radical (unpaired) electrons. The maximum absolute atomic E-state index is 16.7.